The molecule has 8 nitrogen and oxygen atoms in total. The molecule has 0 saturated carbocycles. The lowest BCUT2D eigenvalue weighted by molar-refractivity contribution is -0.129. The van der Waals surface area contributed by atoms with Crippen LogP contribution in [-0.4, -0.2) is 70.5 Å². The van der Waals surface area contributed by atoms with E-state index in [1.807, 2.05) is 31.2 Å². The Morgan fingerprint density at radius 3 is 2.68 bits per heavy atom. The molecule has 1 N–H and O–H groups in total. The molecule has 0 aliphatic carbocycles. The third-order valence-electron chi connectivity index (χ3n) is 4.15. The second-order valence-electron chi connectivity index (χ2n) is 6.22. The Labute approximate surface area is 172 Å². The lowest BCUT2D eigenvalue weighted by Gasteiger charge is -2.33. The molecule has 150 valence electrons. The van der Waals surface area contributed by atoms with Gasteiger partial charge in [-0.3, -0.25) is 4.79 Å². The average molecular weight is 422 g/mol. The Kier molecular flexibility index (Phi) is 7.10. The van der Waals surface area contributed by atoms with E-state index in [-0.39, 0.29) is 12.0 Å². The van der Waals surface area contributed by atoms with Gasteiger partial charge in [-0.2, -0.15) is 0 Å². The molecule has 0 bridgehead atoms. The summed E-state index contributed by atoms with van der Waals surface area (Å²) in [5.41, 5.74) is 2.13. The standard InChI is InChI=1S/C18H23N5O3S2/c1-3-26-18(25)23-9-7-22(8-10-23)15(24)12-27-17-21-20-16(28-17)19-14-6-4-5-13(2)11-14/h4-6,11H,3,7-10,12H2,1-2H3,(H,19,20). The van der Waals surface area contributed by atoms with Crippen LogP contribution in [0.3, 0.4) is 0 Å². The number of rotatable bonds is 6. The summed E-state index contributed by atoms with van der Waals surface area (Å²) in [6.07, 6.45) is -0.313. The summed E-state index contributed by atoms with van der Waals surface area (Å²) in [5.74, 6) is 0.343. The Morgan fingerprint density at radius 2 is 1.96 bits per heavy atom. The van der Waals surface area contributed by atoms with Crippen LogP contribution in [0.5, 0.6) is 0 Å². The van der Waals surface area contributed by atoms with Crippen LogP contribution < -0.4 is 5.32 Å². The topological polar surface area (TPSA) is 87.7 Å². The van der Waals surface area contributed by atoms with Crippen molar-refractivity contribution >= 4 is 45.9 Å². The van der Waals surface area contributed by atoms with E-state index in [2.05, 4.69) is 15.5 Å². The number of ether oxygens (including phenoxy) is 1. The molecule has 1 saturated heterocycles. The summed E-state index contributed by atoms with van der Waals surface area (Å²) in [6, 6.07) is 8.02. The average Bonchev–Trinajstić information content (AvgIpc) is 3.14. The van der Waals surface area contributed by atoms with Crippen LogP contribution >= 0.6 is 23.1 Å². The highest BCUT2D eigenvalue weighted by molar-refractivity contribution is 8.01. The molecule has 0 unspecified atom stereocenters. The van der Waals surface area contributed by atoms with Gasteiger partial charge in [-0.15, -0.1) is 10.2 Å². The molecule has 2 amide bonds. The van der Waals surface area contributed by atoms with Gasteiger partial charge in [0.2, 0.25) is 11.0 Å². The van der Waals surface area contributed by atoms with Gasteiger partial charge >= 0.3 is 6.09 Å². The predicted octanol–water partition coefficient (Wildman–Crippen LogP) is 2.98. The van der Waals surface area contributed by atoms with Crippen molar-refractivity contribution in [2.24, 2.45) is 0 Å². The van der Waals surface area contributed by atoms with Crippen LogP contribution in [0.2, 0.25) is 0 Å². The largest absolute Gasteiger partial charge is 0.450 e. The Balaban J connectivity index is 1.44. The normalized spacial score (nSPS) is 14.1. The number of carbonyl (C=O) groups excluding carboxylic acids is 2. The van der Waals surface area contributed by atoms with E-state index in [4.69, 9.17) is 4.74 Å². The van der Waals surface area contributed by atoms with Gasteiger partial charge in [0.15, 0.2) is 4.34 Å². The van der Waals surface area contributed by atoms with E-state index < -0.39 is 0 Å². The summed E-state index contributed by atoms with van der Waals surface area (Å²) < 4.78 is 5.74. The van der Waals surface area contributed by atoms with Crippen molar-refractivity contribution in [2.45, 2.75) is 18.2 Å². The molecule has 2 heterocycles. The number of aryl methyl sites for hydroxylation is 1. The first-order chi connectivity index (χ1) is 13.5. The third-order valence-corrected chi connectivity index (χ3v) is 6.11. The van der Waals surface area contributed by atoms with Crippen molar-refractivity contribution in [3.05, 3.63) is 29.8 Å². The van der Waals surface area contributed by atoms with Crippen molar-refractivity contribution in [2.75, 3.05) is 43.9 Å². The number of hydrogen-bond donors (Lipinski definition) is 1. The lowest BCUT2D eigenvalue weighted by atomic mass is 10.2. The SMILES string of the molecule is CCOC(=O)N1CCN(C(=O)CSc2nnc(Nc3cccc(C)c3)s2)CC1. The third kappa shape index (κ3) is 5.59. The Bertz CT molecular complexity index is 821. The maximum Gasteiger partial charge on any atom is 0.409 e. The number of aromatic nitrogens is 2. The first-order valence-corrected chi connectivity index (χ1v) is 10.8. The minimum absolute atomic E-state index is 0.0388. The maximum absolute atomic E-state index is 12.4. The van der Waals surface area contributed by atoms with Crippen LogP contribution in [0, 0.1) is 6.92 Å². The maximum atomic E-state index is 12.4. The first kappa shape index (κ1) is 20.4. The highest BCUT2D eigenvalue weighted by Gasteiger charge is 2.25. The number of nitrogens with zero attached hydrogens (tertiary/aromatic N) is 4. The minimum atomic E-state index is -0.313. The fourth-order valence-corrected chi connectivity index (χ4v) is 4.41. The molecule has 1 aromatic heterocycles. The molecule has 1 fully saturated rings. The molecule has 28 heavy (non-hydrogen) atoms. The van der Waals surface area contributed by atoms with Gasteiger partial charge in [-0.05, 0) is 31.5 Å². The van der Waals surface area contributed by atoms with E-state index in [1.165, 1.54) is 23.1 Å². The molecule has 1 aromatic carbocycles. The summed E-state index contributed by atoms with van der Waals surface area (Å²) in [7, 11) is 0. The lowest BCUT2D eigenvalue weighted by Crippen LogP contribution is -2.51. The molecule has 1 aliphatic heterocycles. The molecular weight excluding hydrogens is 398 g/mol. The number of anilines is 2. The fourth-order valence-electron chi connectivity index (χ4n) is 2.73. The highest BCUT2D eigenvalue weighted by atomic mass is 32.2. The van der Waals surface area contributed by atoms with E-state index in [0.717, 1.165) is 15.6 Å². The van der Waals surface area contributed by atoms with E-state index in [1.54, 1.807) is 16.7 Å². The van der Waals surface area contributed by atoms with Crippen LogP contribution in [-0.2, 0) is 9.53 Å². The van der Waals surface area contributed by atoms with Gasteiger partial charge in [0, 0.05) is 31.9 Å². The number of amides is 2. The van der Waals surface area contributed by atoms with Gasteiger partial charge in [-0.25, -0.2) is 4.79 Å². The van der Waals surface area contributed by atoms with E-state index >= 15 is 0 Å². The molecule has 3 rings (SSSR count). The smallest absolute Gasteiger partial charge is 0.409 e. The molecule has 0 atom stereocenters. The molecule has 2 aromatic rings. The highest BCUT2D eigenvalue weighted by Crippen LogP contribution is 2.28. The van der Waals surface area contributed by atoms with Crippen LogP contribution in [0.4, 0.5) is 15.6 Å². The zero-order valence-electron chi connectivity index (χ0n) is 15.9. The molecule has 10 heteroatoms. The van der Waals surface area contributed by atoms with Crippen LogP contribution in [0.15, 0.2) is 28.6 Å². The van der Waals surface area contributed by atoms with Crippen molar-refractivity contribution < 1.29 is 14.3 Å². The van der Waals surface area contributed by atoms with Gasteiger partial charge in [0.1, 0.15) is 0 Å². The second kappa shape index (κ2) is 9.74. The Hall–Kier alpha value is -2.33. The number of nitrogens with one attached hydrogen (secondary N) is 1. The quantitative estimate of drug-likeness (QED) is 0.718. The summed E-state index contributed by atoms with van der Waals surface area (Å²) in [5, 5.41) is 12.2. The monoisotopic (exact) mass is 421 g/mol. The zero-order valence-corrected chi connectivity index (χ0v) is 17.5. The molecular formula is C18H23N5O3S2. The molecule has 0 radical (unpaired) electrons. The summed E-state index contributed by atoms with van der Waals surface area (Å²) >= 11 is 2.80. The zero-order chi connectivity index (χ0) is 19.9. The summed E-state index contributed by atoms with van der Waals surface area (Å²) in [4.78, 5) is 27.5. The van der Waals surface area contributed by atoms with Gasteiger partial charge < -0.3 is 19.9 Å². The number of hydrogen-bond acceptors (Lipinski definition) is 8. The van der Waals surface area contributed by atoms with E-state index in [0.29, 0.717) is 43.7 Å². The van der Waals surface area contributed by atoms with Crippen molar-refractivity contribution in [1.82, 2.24) is 20.0 Å². The number of thioether (sulfide) groups is 1. The molecule has 1 aliphatic rings. The summed E-state index contributed by atoms with van der Waals surface area (Å²) in [6.45, 7) is 6.21. The van der Waals surface area contributed by atoms with Gasteiger partial charge in [-0.1, -0.05) is 35.2 Å². The van der Waals surface area contributed by atoms with Gasteiger partial charge in [0.05, 0.1) is 12.4 Å². The fraction of sp³-hybridized carbons (Fsp3) is 0.444. The number of piperazine rings is 1. The van der Waals surface area contributed by atoms with E-state index in [9.17, 15) is 9.59 Å². The van der Waals surface area contributed by atoms with Crippen molar-refractivity contribution in [1.29, 1.82) is 0 Å². The van der Waals surface area contributed by atoms with Crippen molar-refractivity contribution in [3.8, 4) is 0 Å². The predicted molar refractivity (Wildman–Crippen MR) is 110 cm³/mol. The minimum Gasteiger partial charge on any atom is -0.450 e. The molecule has 0 spiro atoms. The number of benzene rings is 1. The van der Waals surface area contributed by atoms with Crippen LogP contribution in [0.25, 0.3) is 0 Å². The second-order valence-corrected chi connectivity index (χ2v) is 8.42. The van der Waals surface area contributed by atoms with Crippen molar-refractivity contribution in [3.63, 3.8) is 0 Å². The Morgan fingerprint density at radius 1 is 1.21 bits per heavy atom. The first-order valence-electron chi connectivity index (χ1n) is 9.04. The number of carbonyl (C=O) groups is 2. The van der Waals surface area contributed by atoms with Gasteiger partial charge in [0.25, 0.3) is 0 Å². The van der Waals surface area contributed by atoms with Crippen LogP contribution in [0.1, 0.15) is 12.5 Å².